The van der Waals surface area contributed by atoms with Crippen molar-refractivity contribution in [3.05, 3.63) is 59.1 Å². The third-order valence-corrected chi connectivity index (χ3v) is 5.70. The van der Waals surface area contributed by atoms with Crippen LogP contribution in [0.1, 0.15) is 32.8 Å². The second kappa shape index (κ2) is 9.80. The smallest absolute Gasteiger partial charge is 0.322 e. The van der Waals surface area contributed by atoms with Crippen molar-refractivity contribution in [3.63, 3.8) is 0 Å². The molecule has 2 rings (SSSR count). The average Bonchev–Trinajstić information content (AvgIpc) is 2.66. The SMILES string of the molecule is CC[C@@H](C)N(Cc1ccc(OS(=O)(=O)CC)cc1)C(=O)Nc1cccc(Cl)c1. The third-order valence-electron chi connectivity index (χ3n) is 4.31. The van der Waals surface area contributed by atoms with Gasteiger partial charge in [0.05, 0.1) is 5.75 Å². The van der Waals surface area contributed by atoms with E-state index >= 15 is 0 Å². The largest absolute Gasteiger partial charge is 0.382 e. The topological polar surface area (TPSA) is 75.7 Å². The van der Waals surface area contributed by atoms with Gasteiger partial charge in [-0.05, 0) is 56.2 Å². The van der Waals surface area contributed by atoms with Crippen molar-refractivity contribution in [2.75, 3.05) is 11.1 Å². The minimum absolute atomic E-state index is 0.00980. The molecule has 6 nitrogen and oxygen atoms in total. The van der Waals surface area contributed by atoms with E-state index in [1.165, 1.54) is 6.92 Å². The third kappa shape index (κ3) is 6.42. The van der Waals surface area contributed by atoms with Crippen LogP contribution < -0.4 is 9.50 Å². The Bertz CT molecular complexity index is 901. The van der Waals surface area contributed by atoms with E-state index in [4.69, 9.17) is 15.8 Å². The summed E-state index contributed by atoms with van der Waals surface area (Å²) in [5.74, 6) is 0.157. The molecule has 0 aliphatic heterocycles. The second-order valence-electron chi connectivity index (χ2n) is 6.40. The quantitative estimate of drug-likeness (QED) is 0.611. The Hall–Kier alpha value is -2.25. The molecule has 0 saturated carbocycles. The molecule has 28 heavy (non-hydrogen) atoms. The number of hydrogen-bond donors (Lipinski definition) is 1. The molecule has 0 aliphatic rings. The van der Waals surface area contributed by atoms with Crippen molar-refractivity contribution in [2.24, 2.45) is 0 Å². The minimum Gasteiger partial charge on any atom is -0.382 e. The van der Waals surface area contributed by atoms with Crippen molar-refractivity contribution in [2.45, 2.75) is 39.8 Å². The zero-order valence-electron chi connectivity index (χ0n) is 16.2. The van der Waals surface area contributed by atoms with E-state index < -0.39 is 10.1 Å². The summed E-state index contributed by atoms with van der Waals surface area (Å²) in [5, 5.41) is 3.41. The number of nitrogens with one attached hydrogen (secondary N) is 1. The van der Waals surface area contributed by atoms with Gasteiger partial charge in [0.2, 0.25) is 0 Å². The van der Waals surface area contributed by atoms with E-state index in [2.05, 4.69) is 5.32 Å². The molecule has 0 saturated heterocycles. The molecule has 0 radical (unpaired) electrons. The van der Waals surface area contributed by atoms with Gasteiger partial charge in [-0.2, -0.15) is 8.42 Å². The van der Waals surface area contributed by atoms with E-state index in [-0.39, 0.29) is 23.6 Å². The van der Waals surface area contributed by atoms with Crippen molar-refractivity contribution in [1.82, 2.24) is 4.90 Å². The number of urea groups is 1. The van der Waals surface area contributed by atoms with E-state index in [0.717, 1.165) is 12.0 Å². The van der Waals surface area contributed by atoms with Crippen LogP contribution in [0.2, 0.25) is 5.02 Å². The molecular weight excluding hydrogens is 400 g/mol. The maximum atomic E-state index is 12.8. The van der Waals surface area contributed by atoms with Gasteiger partial charge in [-0.15, -0.1) is 0 Å². The van der Waals surface area contributed by atoms with Gasteiger partial charge in [0, 0.05) is 23.3 Å². The van der Waals surface area contributed by atoms with E-state index in [9.17, 15) is 13.2 Å². The maximum absolute atomic E-state index is 12.8. The highest BCUT2D eigenvalue weighted by molar-refractivity contribution is 7.87. The summed E-state index contributed by atoms with van der Waals surface area (Å²) in [6.45, 7) is 5.88. The molecule has 0 aromatic heterocycles. The van der Waals surface area contributed by atoms with Crippen LogP contribution in [0.15, 0.2) is 48.5 Å². The Labute approximate surface area is 171 Å². The summed E-state index contributed by atoms with van der Waals surface area (Å²) in [6.07, 6.45) is 0.791. The Kier molecular flexibility index (Phi) is 7.71. The van der Waals surface area contributed by atoms with Gasteiger partial charge >= 0.3 is 16.1 Å². The first-order chi connectivity index (χ1) is 13.2. The first-order valence-electron chi connectivity index (χ1n) is 9.08. The molecule has 0 heterocycles. The number of halogens is 1. The van der Waals surface area contributed by atoms with Crippen molar-refractivity contribution >= 4 is 33.4 Å². The van der Waals surface area contributed by atoms with Crippen molar-refractivity contribution in [1.29, 1.82) is 0 Å². The number of nitrogens with zero attached hydrogens (tertiary/aromatic N) is 1. The number of rotatable bonds is 8. The molecule has 2 amide bonds. The normalized spacial score (nSPS) is 12.3. The van der Waals surface area contributed by atoms with Crippen LogP contribution in [0.5, 0.6) is 5.75 Å². The molecule has 0 aliphatic carbocycles. The fraction of sp³-hybridized carbons (Fsp3) is 0.350. The minimum atomic E-state index is -3.56. The van der Waals surface area contributed by atoms with Gasteiger partial charge in [0.15, 0.2) is 0 Å². The van der Waals surface area contributed by atoms with Gasteiger partial charge in [0.25, 0.3) is 0 Å². The molecule has 152 valence electrons. The first kappa shape index (κ1) is 22.0. The van der Waals surface area contributed by atoms with Crippen LogP contribution in [-0.2, 0) is 16.7 Å². The van der Waals surface area contributed by atoms with E-state index in [0.29, 0.717) is 17.3 Å². The number of carbonyl (C=O) groups excluding carboxylic acids is 1. The Morgan fingerprint density at radius 1 is 1.18 bits per heavy atom. The molecule has 0 fully saturated rings. The number of hydrogen-bond acceptors (Lipinski definition) is 4. The van der Waals surface area contributed by atoms with Gasteiger partial charge in [-0.1, -0.05) is 36.7 Å². The lowest BCUT2D eigenvalue weighted by atomic mass is 10.1. The van der Waals surface area contributed by atoms with Crippen LogP contribution in [-0.4, -0.2) is 31.1 Å². The lowest BCUT2D eigenvalue weighted by molar-refractivity contribution is 0.187. The number of carbonyl (C=O) groups is 1. The predicted molar refractivity (Wildman–Crippen MR) is 112 cm³/mol. The number of amides is 2. The van der Waals surface area contributed by atoms with E-state index in [1.807, 2.05) is 13.8 Å². The monoisotopic (exact) mass is 424 g/mol. The molecule has 0 unspecified atom stereocenters. The maximum Gasteiger partial charge on any atom is 0.322 e. The zero-order valence-corrected chi connectivity index (χ0v) is 17.8. The first-order valence-corrected chi connectivity index (χ1v) is 11.0. The fourth-order valence-electron chi connectivity index (χ4n) is 2.46. The summed E-state index contributed by atoms with van der Waals surface area (Å²) in [4.78, 5) is 14.5. The predicted octanol–water partition coefficient (Wildman–Crippen LogP) is 4.90. The van der Waals surface area contributed by atoms with Gasteiger partial charge in [-0.25, -0.2) is 4.79 Å². The molecule has 0 spiro atoms. The van der Waals surface area contributed by atoms with Crippen molar-refractivity contribution < 1.29 is 17.4 Å². The standard InChI is InChI=1S/C20H25ClN2O4S/c1-4-15(3)23(20(24)22-18-8-6-7-17(21)13-18)14-16-9-11-19(12-10-16)27-28(25,26)5-2/h6-13,15H,4-5,14H2,1-3H3,(H,22,24)/t15-/m1/s1. The number of benzene rings is 2. The Morgan fingerprint density at radius 3 is 2.43 bits per heavy atom. The lowest BCUT2D eigenvalue weighted by Gasteiger charge is -2.29. The van der Waals surface area contributed by atoms with Crippen LogP contribution in [0.4, 0.5) is 10.5 Å². The average molecular weight is 425 g/mol. The molecule has 2 aromatic carbocycles. The molecule has 2 aromatic rings. The fourth-order valence-corrected chi connectivity index (χ4v) is 3.17. The summed E-state index contributed by atoms with van der Waals surface area (Å²) in [5.41, 5.74) is 1.49. The highest BCUT2D eigenvalue weighted by Crippen LogP contribution is 2.20. The molecule has 0 bridgehead atoms. The van der Waals surface area contributed by atoms with Gasteiger partial charge in [-0.3, -0.25) is 0 Å². The van der Waals surface area contributed by atoms with Crippen LogP contribution in [0.25, 0.3) is 0 Å². The van der Waals surface area contributed by atoms with E-state index in [1.54, 1.807) is 53.4 Å². The molecular formula is C20H25ClN2O4S. The van der Waals surface area contributed by atoms with Crippen LogP contribution >= 0.6 is 11.6 Å². The Balaban J connectivity index is 2.12. The number of anilines is 1. The highest BCUT2D eigenvalue weighted by Gasteiger charge is 2.20. The van der Waals surface area contributed by atoms with Crippen LogP contribution in [0, 0.1) is 0 Å². The van der Waals surface area contributed by atoms with Gasteiger partial charge < -0.3 is 14.4 Å². The molecule has 8 heteroatoms. The van der Waals surface area contributed by atoms with Crippen molar-refractivity contribution in [3.8, 4) is 5.75 Å². The molecule has 1 N–H and O–H groups in total. The van der Waals surface area contributed by atoms with Crippen LogP contribution in [0.3, 0.4) is 0 Å². The summed E-state index contributed by atoms with van der Waals surface area (Å²) in [6, 6.07) is 13.4. The summed E-state index contributed by atoms with van der Waals surface area (Å²) < 4.78 is 28.1. The Morgan fingerprint density at radius 2 is 1.86 bits per heavy atom. The second-order valence-corrected chi connectivity index (χ2v) is 8.70. The summed E-state index contributed by atoms with van der Waals surface area (Å²) >= 11 is 5.98. The zero-order chi connectivity index (χ0) is 20.7. The lowest BCUT2D eigenvalue weighted by Crippen LogP contribution is -2.40. The summed E-state index contributed by atoms with van der Waals surface area (Å²) in [7, 11) is -3.56. The van der Waals surface area contributed by atoms with Gasteiger partial charge in [0.1, 0.15) is 5.75 Å². The highest BCUT2D eigenvalue weighted by atomic mass is 35.5. The molecule has 1 atom stereocenters.